The molecular formula is C38H21ClO2. The molecule has 0 unspecified atom stereocenters. The quantitative estimate of drug-likeness (QED) is 0.202. The molecule has 2 heterocycles. The summed E-state index contributed by atoms with van der Waals surface area (Å²) in [6.45, 7) is 0. The summed E-state index contributed by atoms with van der Waals surface area (Å²) < 4.78 is 13.2. The van der Waals surface area contributed by atoms with E-state index in [0.717, 1.165) is 71.5 Å². The minimum Gasteiger partial charge on any atom is -0.455 e. The predicted octanol–water partition coefficient (Wildman–Crippen LogP) is 11.8. The van der Waals surface area contributed by atoms with Crippen molar-refractivity contribution in [1.82, 2.24) is 0 Å². The summed E-state index contributed by atoms with van der Waals surface area (Å²) in [6.07, 6.45) is 0. The molecule has 3 heteroatoms. The third kappa shape index (κ3) is 3.26. The maximum Gasteiger partial charge on any atom is 0.143 e. The average Bonchev–Trinajstić information content (AvgIpc) is 3.60. The van der Waals surface area contributed by atoms with E-state index in [2.05, 4.69) is 109 Å². The molecule has 0 fully saturated rings. The molecule has 0 aliphatic carbocycles. The van der Waals surface area contributed by atoms with E-state index in [1.165, 1.54) is 16.2 Å². The van der Waals surface area contributed by atoms with Crippen molar-refractivity contribution in [3.8, 4) is 22.3 Å². The Morgan fingerprint density at radius 2 is 0.951 bits per heavy atom. The molecule has 0 saturated heterocycles. The Morgan fingerprint density at radius 1 is 0.390 bits per heavy atom. The van der Waals surface area contributed by atoms with Crippen molar-refractivity contribution in [2.24, 2.45) is 0 Å². The summed E-state index contributed by atoms with van der Waals surface area (Å²) in [5.74, 6) is 0. The first kappa shape index (κ1) is 22.7. The van der Waals surface area contributed by atoms with Crippen molar-refractivity contribution >= 4 is 77.0 Å². The fourth-order valence-electron chi connectivity index (χ4n) is 6.51. The SMILES string of the molecule is Clc1cccc(-c2cccc3c2oc2c(-c4ccc5oc6c7ccccc7c7ccccc7c6c5c4)cccc23)c1. The first-order chi connectivity index (χ1) is 20.2. The summed E-state index contributed by atoms with van der Waals surface area (Å²) in [7, 11) is 0. The van der Waals surface area contributed by atoms with Crippen LogP contribution in [-0.2, 0) is 0 Å². The summed E-state index contributed by atoms with van der Waals surface area (Å²) in [4.78, 5) is 0. The van der Waals surface area contributed by atoms with Crippen molar-refractivity contribution in [3.63, 3.8) is 0 Å². The zero-order valence-corrected chi connectivity index (χ0v) is 22.6. The highest BCUT2D eigenvalue weighted by atomic mass is 35.5. The number of para-hydroxylation sites is 2. The average molecular weight is 545 g/mol. The van der Waals surface area contributed by atoms with Gasteiger partial charge in [-0.15, -0.1) is 0 Å². The van der Waals surface area contributed by atoms with Crippen LogP contribution in [0, 0.1) is 0 Å². The molecule has 0 aliphatic rings. The zero-order valence-electron chi connectivity index (χ0n) is 21.8. The minimum atomic E-state index is 0.706. The van der Waals surface area contributed by atoms with Gasteiger partial charge in [-0.3, -0.25) is 0 Å². The summed E-state index contributed by atoms with van der Waals surface area (Å²) in [6, 6.07) is 44.2. The first-order valence-electron chi connectivity index (χ1n) is 13.7. The van der Waals surface area contributed by atoms with Crippen molar-refractivity contribution in [2.75, 3.05) is 0 Å². The number of furan rings is 2. The van der Waals surface area contributed by atoms with Crippen LogP contribution in [0.25, 0.3) is 87.7 Å². The van der Waals surface area contributed by atoms with Crippen LogP contribution in [0.2, 0.25) is 5.02 Å². The molecule has 0 radical (unpaired) electrons. The van der Waals surface area contributed by atoms with Gasteiger partial charge in [-0.05, 0) is 51.6 Å². The summed E-state index contributed by atoms with van der Waals surface area (Å²) >= 11 is 6.34. The molecule has 0 bridgehead atoms. The van der Waals surface area contributed by atoms with E-state index in [9.17, 15) is 0 Å². The number of halogens is 1. The van der Waals surface area contributed by atoms with Crippen LogP contribution in [-0.4, -0.2) is 0 Å². The third-order valence-corrected chi connectivity index (χ3v) is 8.55. The summed E-state index contributed by atoms with van der Waals surface area (Å²) in [5, 5.41) is 9.91. The Morgan fingerprint density at radius 3 is 1.66 bits per heavy atom. The van der Waals surface area contributed by atoms with Gasteiger partial charge in [0.15, 0.2) is 0 Å². The van der Waals surface area contributed by atoms with Gasteiger partial charge in [0.25, 0.3) is 0 Å². The van der Waals surface area contributed by atoms with Gasteiger partial charge in [-0.2, -0.15) is 0 Å². The Balaban J connectivity index is 1.33. The van der Waals surface area contributed by atoms with E-state index in [-0.39, 0.29) is 0 Å². The van der Waals surface area contributed by atoms with Crippen LogP contribution >= 0.6 is 11.6 Å². The van der Waals surface area contributed by atoms with E-state index in [1.54, 1.807) is 0 Å². The van der Waals surface area contributed by atoms with Crippen molar-refractivity contribution < 1.29 is 8.83 Å². The molecule has 0 N–H and O–H groups in total. The van der Waals surface area contributed by atoms with Crippen LogP contribution in [0.4, 0.5) is 0 Å². The molecule has 192 valence electrons. The van der Waals surface area contributed by atoms with Crippen LogP contribution in [0.3, 0.4) is 0 Å². The zero-order chi connectivity index (χ0) is 27.1. The molecule has 9 aromatic rings. The Kier molecular flexibility index (Phi) is 4.70. The normalized spacial score (nSPS) is 12.0. The highest BCUT2D eigenvalue weighted by molar-refractivity contribution is 6.31. The standard InChI is InChI=1S/C38H21ClO2/c39-24-9-5-8-22(20-24)25-14-6-16-31-32-17-7-15-26(37(32)41-36(25)31)23-18-19-34-33(21-23)35-29-12-3-1-10-27(29)28-11-2-4-13-30(28)38(35)40-34/h1-21H. The second-order valence-electron chi connectivity index (χ2n) is 10.6. The van der Waals surface area contributed by atoms with Crippen molar-refractivity contribution in [2.45, 2.75) is 0 Å². The lowest BCUT2D eigenvalue weighted by Crippen LogP contribution is -1.81. The Labute approximate surface area is 240 Å². The van der Waals surface area contributed by atoms with E-state index < -0.39 is 0 Å². The molecule has 0 aliphatic heterocycles. The molecule has 9 rings (SSSR count). The molecule has 0 amide bonds. The van der Waals surface area contributed by atoms with Gasteiger partial charge in [-0.25, -0.2) is 0 Å². The highest BCUT2D eigenvalue weighted by Crippen LogP contribution is 2.44. The van der Waals surface area contributed by atoms with Gasteiger partial charge >= 0.3 is 0 Å². The van der Waals surface area contributed by atoms with Gasteiger partial charge in [-0.1, -0.05) is 115 Å². The van der Waals surface area contributed by atoms with Crippen molar-refractivity contribution in [3.05, 3.63) is 132 Å². The number of hydrogen-bond donors (Lipinski definition) is 0. The van der Waals surface area contributed by atoms with Crippen LogP contribution in [0.5, 0.6) is 0 Å². The molecular weight excluding hydrogens is 524 g/mol. The molecule has 2 aromatic heterocycles. The first-order valence-corrected chi connectivity index (χ1v) is 14.1. The molecule has 41 heavy (non-hydrogen) atoms. The minimum absolute atomic E-state index is 0.706. The van der Waals surface area contributed by atoms with E-state index >= 15 is 0 Å². The van der Waals surface area contributed by atoms with Gasteiger partial charge < -0.3 is 8.83 Å². The smallest absolute Gasteiger partial charge is 0.143 e. The van der Waals surface area contributed by atoms with Crippen LogP contribution in [0.15, 0.2) is 136 Å². The predicted molar refractivity (Wildman–Crippen MR) is 172 cm³/mol. The van der Waals surface area contributed by atoms with E-state index in [4.69, 9.17) is 20.4 Å². The van der Waals surface area contributed by atoms with Gasteiger partial charge in [0.05, 0.1) is 0 Å². The lowest BCUT2D eigenvalue weighted by atomic mass is 9.95. The number of fused-ring (bicyclic) bond motifs is 11. The van der Waals surface area contributed by atoms with Gasteiger partial charge in [0.2, 0.25) is 0 Å². The number of hydrogen-bond acceptors (Lipinski definition) is 2. The van der Waals surface area contributed by atoms with Crippen molar-refractivity contribution in [1.29, 1.82) is 0 Å². The summed E-state index contributed by atoms with van der Waals surface area (Å²) in [5.41, 5.74) is 7.76. The Hall–Kier alpha value is -5.05. The maximum atomic E-state index is 6.71. The molecule has 0 atom stereocenters. The molecule has 0 saturated carbocycles. The molecule has 2 nitrogen and oxygen atoms in total. The Bertz CT molecular complexity index is 2500. The van der Waals surface area contributed by atoms with Crippen LogP contribution < -0.4 is 0 Å². The monoisotopic (exact) mass is 544 g/mol. The van der Waals surface area contributed by atoms with Gasteiger partial charge in [0.1, 0.15) is 22.3 Å². The number of benzene rings is 7. The highest BCUT2D eigenvalue weighted by Gasteiger charge is 2.19. The lowest BCUT2D eigenvalue weighted by molar-refractivity contribution is 0.670. The van der Waals surface area contributed by atoms with Gasteiger partial charge in [0, 0.05) is 43.1 Å². The van der Waals surface area contributed by atoms with E-state index in [1.807, 2.05) is 18.2 Å². The largest absolute Gasteiger partial charge is 0.455 e. The topological polar surface area (TPSA) is 26.3 Å². The van der Waals surface area contributed by atoms with E-state index in [0.29, 0.717) is 5.02 Å². The molecule has 7 aromatic carbocycles. The fraction of sp³-hybridized carbons (Fsp3) is 0. The van der Waals surface area contributed by atoms with Crippen LogP contribution in [0.1, 0.15) is 0 Å². The maximum absolute atomic E-state index is 6.71. The third-order valence-electron chi connectivity index (χ3n) is 8.32. The molecule has 0 spiro atoms. The number of rotatable bonds is 2. The second-order valence-corrected chi connectivity index (χ2v) is 11.0. The second kappa shape index (κ2) is 8.47. The lowest BCUT2D eigenvalue weighted by Gasteiger charge is -2.06. The fourth-order valence-corrected chi connectivity index (χ4v) is 6.70.